The SMILES string of the molecule is C=CCOC(=O)c1sc(N2C(=O)C(=O)/C(=C(/O)c3ccc(OCC=C)c(C)c3)C2c2ccccc2F)nc1C. The summed E-state index contributed by atoms with van der Waals surface area (Å²) in [6.07, 6.45) is 3.00. The number of hydrogen-bond acceptors (Lipinski definition) is 8. The molecule has 1 aliphatic heterocycles. The molecule has 0 aliphatic carbocycles. The molecule has 0 saturated carbocycles. The van der Waals surface area contributed by atoms with E-state index in [2.05, 4.69) is 18.1 Å². The van der Waals surface area contributed by atoms with Crippen LogP contribution in [0.4, 0.5) is 9.52 Å². The van der Waals surface area contributed by atoms with Gasteiger partial charge in [0.05, 0.1) is 11.3 Å². The summed E-state index contributed by atoms with van der Waals surface area (Å²) in [5.74, 6) is -3.35. The number of ketones is 1. The van der Waals surface area contributed by atoms with E-state index in [4.69, 9.17) is 9.47 Å². The molecule has 1 amide bonds. The minimum atomic E-state index is -1.34. The van der Waals surface area contributed by atoms with E-state index in [9.17, 15) is 19.5 Å². The highest BCUT2D eigenvalue weighted by Crippen LogP contribution is 2.44. The van der Waals surface area contributed by atoms with Gasteiger partial charge in [-0.3, -0.25) is 14.5 Å². The first-order valence-electron chi connectivity index (χ1n) is 11.8. The van der Waals surface area contributed by atoms with Crippen LogP contribution in [0.5, 0.6) is 5.75 Å². The van der Waals surface area contributed by atoms with Gasteiger partial charge in [-0.25, -0.2) is 14.2 Å². The molecule has 1 aromatic heterocycles. The predicted molar refractivity (Wildman–Crippen MR) is 145 cm³/mol. The van der Waals surface area contributed by atoms with Crippen molar-refractivity contribution >= 4 is 39.9 Å². The molecule has 0 radical (unpaired) electrons. The molecule has 10 heteroatoms. The number of aryl methyl sites for hydroxylation is 2. The zero-order chi connectivity index (χ0) is 28.3. The molecule has 1 unspecified atom stereocenters. The number of carbonyl (C=O) groups is 3. The molecule has 8 nitrogen and oxygen atoms in total. The molecule has 39 heavy (non-hydrogen) atoms. The minimum Gasteiger partial charge on any atom is -0.507 e. The Morgan fingerprint density at radius 1 is 1.15 bits per heavy atom. The number of rotatable bonds is 9. The van der Waals surface area contributed by atoms with Gasteiger partial charge >= 0.3 is 11.9 Å². The van der Waals surface area contributed by atoms with E-state index in [1.54, 1.807) is 38.1 Å². The van der Waals surface area contributed by atoms with E-state index in [1.165, 1.54) is 30.3 Å². The second-order valence-electron chi connectivity index (χ2n) is 8.57. The number of hydrogen-bond donors (Lipinski definition) is 1. The number of ether oxygens (including phenoxy) is 2. The average Bonchev–Trinajstić information content (AvgIpc) is 3.42. The summed E-state index contributed by atoms with van der Waals surface area (Å²) in [4.78, 5) is 44.7. The van der Waals surface area contributed by atoms with Crippen molar-refractivity contribution in [2.75, 3.05) is 18.1 Å². The van der Waals surface area contributed by atoms with Crippen LogP contribution in [0.25, 0.3) is 5.76 Å². The largest absolute Gasteiger partial charge is 0.507 e. The Hall–Kier alpha value is -4.57. The monoisotopic (exact) mass is 548 g/mol. The number of esters is 1. The zero-order valence-corrected chi connectivity index (χ0v) is 22.1. The molecular weight excluding hydrogens is 523 g/mol. The van der Waals surface area contributed by atoms with E-state index in [-0.39, 0.29) is 45.6 Å². The first-order valence-corrected chi connectivity index (χ1v) is 12.7. The van der Waals surface area contributed by atoms with Gasteiger partial charge in [0.25, 0.3) is 5.78 Å². The Kier molecular flexibility index (Phi) is 8.06. The maximum Gasteiger partial charge on any atom is 0.350 e. The summed E-state index contributed by atoms with van der Waals surface area (Å²) in [5.41, 5.74) is 0.832. The van der Waals surface area contributed by atoms with Crippen molar-refractivity contribution in [1.29, 1.82) is 0 Å². The highest BCUT2D eigenvalue weighted by Gasteiger charge is 2.49. The number of benzene rings is 2. The van der Waals surface area contributed by atoms with Gasteiger partial charge in [0, 0.05) is 11.1 Å². The third kappa shape index (κ3) is 5.23. The third-order valence-corrected chi connectivity index (χ3v) is 7.10. The second-order valence-corrected chi connectivity index (χ2v) is 9.55. The van der Waals surface area contributed by atoms with Crippen LogP contribution in [0, 0.1) is 19.7 Å². The maximum absolute atomic E-state index is 15.1. The van der Waals surface area contributed by atoms with Crippen LogP contribution in [0.1, 0.15) is 38.1 Å². The topological polar surface area (TPSA) is 106 Å². The molecular formula is C29H25FN2O6S. The van der Waals surface area contributed by atoms with Gasteiger partial charge < -0.3 is 14.6 Å². The van der Waals surface area contributed by atoms with E-state index >= 15 is 4.39 Å². The molecule has 2 aromatic carbocycles. The van der Waals surface area contributed by atoms with Crippen molar-refractivity contribution in [3.05, 3.63) is 106 Å². The summed E-state index contributed by atoms with van der Waals surface area (Å²) in [6.45, 7) is 10.7. The standard InChI is InChI=1S/C29H25FN2O6S/c1-5-13-37-21-12-11-18(15-16(21)3)24(33)22-23(19-9-7-8-10-20(19)30)32(27(35)25(22)34)29-31-17(4)26(39-29)28(36)38-14-6-2/h5-12,15,23,33H,1-2,13-14H2,3-4H3/b24-22+. The fourth-order valence-electron chi connectivity index (χ4n) is 4.16. The van der Waals surface area contributed by atoms with Gasteiger partial charge in [-0.15, -0.1) is 0 Å². The molecule has 4 rings (SSSR count). The predicted octanol–water partition coefficient (Wildman–Crippen LogP) is 5.43. The summed E-state index contributed by atoms with van der Waals surface area (Å²) in [6, 6.07) is 9.05. The minimum absolute atomic E-state index is 0.0168. The molecule has 1 saturated heterocycles. The Morgan fingerprint density at radius 2 is 1.87 bits per heavy atom. The molecule has 1 N–H and O–H groups in total. The summed E-state index contributed by atoms with van der Waals surface area (Å²) < 4.78 is 25.8. The number of thiazole rings is 1. The molecule has 1 aliphatic rings. The van der Waals surface area contributed by atoms with Gasteiger partial charge in [-0.1, -0.05) is 54.8 Å². The van der Waals surface area contributed by atoms with Crippen LogP contribution in [-0.4, -0.2) is 41.0 Å². The fourth-order valence-corrected chi connectivity index (χ4v) is 5.15. The number of halogens is 1. The molecule has 200 valence electrons. The van der Waals surface area contributed by atoms with Crippen LogP contribution in [0.15, 0.2) is 73.3 Å². The van der Waals surface area contributed by atoms with Crippen molar-refractivity contribution in [2.24, 2.45) is 0 Å². The highest BCUT2D eigenvalue weighted by molar-refractivity contribution is 7.17. The summed E-state index contributed by atoms with van der Waals surface area (Å²) >= 11 is 0.829. The number of aliphatic hydroxyl groups is 1. The molecule has 1 atom stereocenters. The molecule has 0 bridgehead atoms. The lowest BCUT2D eigenvalue weighted by Gasteiger charge is -2.23. The third-order valence-electron chi connectivity index (χ3n) is 5.96. The number of aliphatic hydroxyl groups excluding tert-OH is 1. The highest BCUT2D eigenvalue weighted by atomic mass is 32.1. The first-order chi connectivity index (χ1) is 18.7. The van der Waals surface area contributed by atoms with E-state index in [0.717, 1.165) is 16.2 Å². The molecule has 2 heterocycles. The quantitative estimate of drug-likeness (QED) is 0.125. The number of anilines is 1. The van der Waals surface area contributed by atoms with E-state index < -0.39 is 35.3 Å². The Balaban J connectivity index is 1.87. The maximum atomic E-state index is 15.1. The molecule has 0 spiro atoms. The van der Waals surface area contributed by atoms with Gasteiger partial charge in [-0.2, -0.15) is 0 Å². The fraction of sp³-hybridized carbons (Fsp3) is 0.172. The van der Waals surface area contributed by atoms with Gasteiger partial charge in [-0.05, 0) is 43.7 Å². The van der Waals surface area contributed by atoms with E-state index in [0.29, 0.717) is 11.3 Å². The lowest BCUT2D eigenvalue weighted by molar-refractivity contribution is -0.132. The van der Waals surface area contributed by atoms with Crippen LogP contribution in [-0.2, 0) is 14.3 Å². The zero-order valence-electron chi connectivity index (χ0n) is 21.3. The lowest BCUT2D eigenvalue weighted by Crippen LogP contribution is -2.29. The first kappa shape index (κ1) is 27.5. The van der Waals surface area contributed by atoms with Crippen molar-refractivity contribution in [2.45, 2.75) is 19.9 Å². The Bertz CT molecular complexity index is 1530. The Morgan fingerprint density at radius 3 is 2.54 bits per heavy atom. The number of nitrogens with zero attached hydrogens (tertiary/aromatic N) is 2. The van der Waals surface area contributed by atoms with Crippen LogP contribution in [0.3, 0.4) is 0 Å². The van der Waals surface area contributed by atoms with Gasteiger partial charge in [0.2, 0.25) is 0 Å². The van der Waals surface area contributed by atoms with Crippen molar-refractivity contribution in [3.63, 3.8) is 0 Å². The van der Waals surface area contributed by atoms with Gasteiger partial charge in [0.1, 0.15) is 41.5 Å². The second kappa shape index (κ2) is 11.4. The van der Waals surface area contributed by atoms with Crippen molar-refractivity contribution in [3.8, 4) is 5.75 Å². The normalized spacial score (nSPS) is 16.3. The smallest absolute Gasteiger partial charge is 0.350 e. The average molecular weight is 549 g/mol. The molecule has 3 aromatic rings. The van der Waals surface area contributed by atoms with Crippen LogP contribution < -0.4 is 9.64 Å². The Labute approximate surface area is 228 Å². The van der Waals surface area contributed by atoms with Crippen molar-refractivity contribution < 1.29 is 33.4 Å². The van der Waals surface area contributed by atoms with Crippen LogP contribution >= 0.6 is 11.3 Å². The van der Waals surface area contributed by atoms with Crippen molar-refractivity contribution in [1.82, 2.24) is 4.98 Å². The summed E-state index contributed by atoms with van der Waals surface area (Å²) in [5, 5.41) is 11.3. The van der Waals surface area contributed by atoms with E-state index in [1.807, 2.05) is 0 Å². The van der Waals surface area contributed by atoms with Crippen LogP contribution in [0.2, 0.25) is 0 Å². The van der Waals surface area contributed by atoms with Gasteiger partial charge in [0.15, 0.2) is 5.13 Å². The lowest BCUT2D eigenvalue weighted by atomic mass is 9.94. The number of aromatic nitrogens is 1. The summed E-state index contributed by atoms with van der Waals surface area (Å²) in [7, 11) is 0. The number of Topliss-reactive ketones (excluding diaryl/α,β-unsaturated/α-hetero) is 1. The number of amides is 1. The number of carbonyl (C=O) groups excluding carboxylic acids is 3. The molecule has 1 fully saturated rings.